The molecule has 0 heterocycles. The van der Waals surface area contributed by atoms with Crippen molar-refractivity contribution in [3.05, 3.63) is 34.9 Å². The third-order valence-electron chi connectivity index (χ3n) is 4.35. The Morgan fingerprint density at radius 1 is 1.00 bits per heavy atom. The molecule has 0 saturated heterocycles. The summed E-state index contributed by atoms with van der Waals surface area (Å²) in [5, 5.41) is 0. The molecule has 0 amide bonds. The van der Waals surface area contributed by atoms with Gasteiger partial charge in [-0.1, -0.05) is 18.2 Å². The van der Waals surface area contributed by atoms with E-state index in [1.54, 1.807) is 11.1 Å². The Labute approximate surface area is 103 Å². The molecule has 0 bridgehead atoms. The number of aryl methyl sites for hydroxylation is 2. The summed E-state index contributed by atoms with van der Waals surface area (Å²) in [6.07, 6.45) is 8.90. The first-order valence-corrected chi connectivity index (χ1v) is 6.93. The Bertz CT molecular complexity index is 423. The molecular formula is C16H20O. The average Bonchev–Trinajstić information content (AvgIpc) is 2.79. The van der Waals surface area contributed by atoms with Crippen molar-refractivity contribution in [3.63, 3.8) is 0 Å². The lowest BCUT2D eigenvalue weighted by Crippen LogP contribution is -2.15. The van der Waals surface area contributed by atoms with Crippen molar-refractivity contribution in [2.75, 3.05) is 0 Å². The second-order valence-electron chi connectivity index (χ2n) is 5.64. The van der Waals surface area contributed by atoms with E-state index in [4.69, 9.17) is 0 Å². The van der Waals surface area contributed by atoms with E-state index in [2.05, 4.69) is 18.2 Å². The standard InChI is InChI=1S/C16H20O/c17-16-8-5-12(6-9-16)10-13-4-7-14-2-1-3-15(14)11-13/h4,7,11-12H,1-3,5-6,8-10H2. The highest BCUT2D eigenvalue weighted by Crippen LogP contribution is 2.28. The number of benzene rings is 1. The first-order chi connectivity index (χ1) is 8.31. The SMILES string of the molecule is O=C1CCC(Cc2ccc3c(c2)CCC3)CC1. The molecule has 2 aliphatic rings. The van der Waals surface area contributed by atoms with Crippen molar-refractivity contribution in [1.29, 1.82) is 0 Å². The molecule has 0 spiro atoms. The van der Waals surface area contributed by atoms with Crippen molar-refractivity contribution in [1.82, 2.24) is 0 Å². The number of hydrogen-bond donors (Lipinski definition) is 0. The number of carbonyl (C=O) groups is 1. The molecule has 1 fully saturated rings. The second-order valence-corrected chi connectivity index (χ2v) is 5.64. The van der Waals surface area contributed by atoms with Gasteiger partial charge in [-0.05, 0) is 61.1 Å². The van der Waals surface area contributed by atoms with E-state index in [1.165, 1.54) is 31.2 Å². The minimum absolute atomic E-state index is 0.468. The molecule has 0 unspecified atom stereocenters. The quantitative estimate of drug-likeness (QED) is 0.757. The molecule has 1 saturated carbocycles. The van der Waals surface area contributed by atoms with Crippen LogP contribution in [0, 0.1) is 5.92 Å². The van der Waals surface area contributed by atoms with Crippen molar-refractivity contribution < 1.29 is 4.79 Å². The van der Waals surface area contributed by atoms with Crippen LogP contribution in [0.4, 0.5) is 0 Å². The van der Waals surface area contributed by atoms with Crippen LogP contribution < -0.4 is 0 Å². The predicted octanol–water partition coefficient (Wildman–Crippen LogP) is 3.48. The number of carbonyl (C=O) groups excluding carboxylic acids is 1. The number of ketones is 1. The molecule has 0 atom stereocenters. The zero-order chi connectivity index (χ0) is 11.7. The Morgan fingerprint density at radius 3 is 2.59 bits per heavy atom. The van der Waals surface area contributed by atoms with Crippen LogP contribution in [0.1, 0.15) is 48.8 Å². The van der Waals surface area contributed by atoms with Gasteiger partial charge in [-0.2, -0.15) is 0 Å². The molecule has 1 aromatic carbocycles. The van der Waals surface area contributed by atoms with Gasteiger partial charge in [-0.15, -0.1) is 0 Å². The molecule has 17 heavy (non-hydrogen) atoms. The zero-order valence-corrected chi connectivity index (χ0v) is 10.4. The summed E-state index contributed by atoms with van der Waals surface area (Å²) >= 11 is 0. The third kappa shape index (κ3) is 2.43. The van der Waals surface area contributed by atoms with Crippen LogP contribution in [-0.2, 0) is 24.1 Å². The van der Waals surface area contributed by atoms with Crippen molar-refractivity contribution in [2.24, 2.45) is 5.92 Å². The minimum atomic E-state index is 0.468. The summed E-state index contributed by atoms with van der Waals surface area (Å²) < 4.78 is 0. The molecule has 0 aliphatic heterocycles. The van der Waals surface area contributed by atoms with Crippen LogP contribution in [0.2, 0.25) is 0 Å². The molecule has 0 radical (unpaired) electrons. The van der Waals surface area contributed by atoms with Crippen LogP contribution in [0.5, 0.6) is 0 Å². The van der Waals surface area contributed by atoms with Crippen LogP contribution in [0.15, 0.2) is 18.2 Å². The van der Waals surface area contributed by atoms with Gasteiger partial charge in [0.1, 0.15) is 5.78 Å². The van der Waals surface area contributed by atoms with Crippen LogP contribution in [-0.4, -0.2) is 5.78 Å². The lowest BCUT2D eigenvalue weighted by molar-refractivity contribution is -0.120. The Hall–Kier alpha value is -1.11. The molecule has 1 nitrogen and oxygen atoms in total. The smallest absolute Gasteiger partial charge is 0.132 e. The zero-order valence-electron chi connectivity index (χ0n) is 10.4. The van der Waals surface area contributed by atoms with Crippen molar-refractivity contribution in [2.45, 2.75) is 51.4 Å². The first kappa shape index (κ1) is 11.0. The fourth-order valence-electron chi connectivity index (χ4n) is 3.29. The molecule has 1 aromatic rings. The van der Waals surface area contributed by atoms with Gasteiger partial charge < -0.3 is 0 Å². The summed E-state index contributed by atoms with van der Waals surface area (Å²) in [7, 11) is 0. The summed E-state index contributed by atoms with van der Waals surface area (Å²) in [4.78, 5) is 11.2. The van der Waals surface area contributed by atoms with E-state index in [0.29, 0.717) is 5.78 Å². The Kier molecular flexibility index (Phi) is 3.00. The Balaban J connectivity index is 1.67. The number of fused-ring (bicyclic) bond motifs is 1. The predicted molar refractivity (Wildman–Crippen MR) is 69.1 cm³/mol. The number of hydrogen-bond acceptors (Lipinski definition) is 1. The third-order valence-corrected chi connectivity index (χ3v) is 4.35. The Morgan fingerprint density at radius 2 is 1.76 bits per heavy atom. The molecule has 3 rings (SSSR count). The maximum Gasteiger partial charge on any atom is 0.132 e. The summed E-state index contributed by atoms with van der Waals surface area (Å²) in [5.74, 6) is 1.21. The molecule has 0 N–H and O–H groups in total. The topological polar surface area (TPSA) is 17.1 Å². The van der Waals surface area contributed by atoms with Crippen LogP contribution in [0.3, 0.4) is 0 Å². The van der Waals surface area contributed by atoms with Gasteiger partial charge in [-0.25, -0.2) is 0 Å². The van der Waals surface area contributed by atoms with E-state index in [1.807, 2.05) is 0 Å². The molecular weight excluding hydrogens is 208 g/mol. The van der Waals surface area contributed by atoms with Crippen LogP contribution in [0.25, 0.3) is 0 Å². The van der Waals surface area contributed by atoms with Gasteiger partial charge in [0.2, 0.25) is 0 Å². The highest BCUT2D eigenvalue weighted by atomic mass is 16.1. The summed E-state index contributed by atoms with van der Waals surface area (Å²) in [6.45, 7) is 0. The van der Waals surface area contributed by atoms with E-state index in [9.17, 15) is 4.79 Å². The van der Waals surface area contributed by atoms with Crippen molar-refractivity contribution >= 4 is 5.78 Å². The lowest BCUT2D eigenvalue weighted by atomic mass is 9.84. The van der Waals surface area contributed by atoms with E-state index in [0.717, 1.165) is 31.6 Å². The first-order valence-electron chi connectivity index (χ1n) is 6.93. The fraction of sp³-hybridized carbons (Fsp3) is 0.562. The molecule has 1 heteroatoms. The maximum atomic E-state index is 11.2. The van der Waals surface area contributed by atoms with Gasteiger partial charge in [0.15, 0.2) is 0 Å². The van der Waals surface area contributed by atoms with Gasteiger partial charge >= 0.3 is 0 Å². The van der Waals surface area contributed by atoms with E-state index in [-0.39, 0.29) is 0 Å². The second kappa shape index (κ2) is 4.64. The van der Waals surface area contributed by atoms with E-state index < -0.39 is 0 Å². The minimum Gasteiger partial charge on any atom is -0.300 e. The highest BCUT2D eigenvalue weighted by molar-refractivity contribution is 5.79. The number of rotatable bonds is 2. The molecule has 90 valence electrons. The fourth-order valence-corrected chi connectivity index (χ4v) is 3.29. The maximum absolute atomic E-state index is 11.2. The number of Topliss-reactive ketones (excluding diaryl/α,β-unsaturated/α-hetero) is 1. The van der Waals surface area contributed by atoms with Gasteiger partial charge in [-0.3, -0.25) is 4.79 Å². The van der Waals surface area contributed by atoms with Crippen LogP contribution >= 0.6 is 0 Å². The molecule has 0 aromatic heterocycles. The van der Waals surface area contributed by atoms with Gasteiger partial charge in [0.05, 0.1) is 0 Å². The van der Waals surface area contributed by atoms with Gasteiger partial charge in [0.25, 0.3) is 0 Å². The van der Waals surface area contributed by atoms with Gasteiger partial charge in [0, 0.05) is 12.8 Å². The monoisotopic (exact) mass is 228 g/mol. The largest absolute Gasteiger partial charge is 0.300 e. The van der Waals surface area contributed by atoms with Crippen molar-refractivity contribution in [3.8, 4) is 0 Å². The highest BCUT2D eigenvalue weighted by Gasteiger charge is 2.19. The summed E-state index contributed by atoms with van der Waals surface area (Å²) in [5.41, 5.74) is 4.63. The average molecular weight is 228 g/mol. The normalized spacial score (nSPS) is 20.6. The summed E-state index contributed by atoms with van der Waals surface area (Å²) in [6, 6.07) is 7.05. The molecule has 2 aliphatic carbocycles. The van der Waals surface area contributed by atoms with E-state index >= 15 is 0 Å². The lowest BCUT2D eigenvalue weighted by Gasteiger charge is -2.21.